The minimum absolute atomic E-state index is 0.0281. The van der Waals surface area contributed by atoms with E-state index in [0.717, 1.165) is 56.9 Å². The van der Waals surface area contributed by atoms with Crippen LogP contribution in [0.4, 0.5) is 11.8 Å². The first-order valence-electron chi connectivity index (χ1n) is 13.7. The van der Waals surface area contributed by atoms with Crippen molar-refractivity contribution in [3.05, 3.63) is 65.9 Å². The van der Waals surface area contributed by atoms with Crippen molar-refractivity contribution in [3.8, 4) is 0 Å². The Hall–Kier alpha value is -3.19. The maximum atomic E-state index is 12.1. The third-order valence-electron chi connectivity index (χ3n) is 8.13. The first kappa shape index (κ1) is 26.9. The number of anilines is 2. The van der Waals surface area contributed by atoms with Crippen molar-refractivity contribution in [1.29, 1.82) is 0 Å². The summed E-state index contributed by atoms with van der Waals surface area (Å²) in [5.41, 5.74) is 3.57. The quantitative estimate of drug-likeness (QED) is 0.473. The van der Waals surface area contributed by atoms with Crippen LogP contribution in [0, 0.1) is 0 Å². The zero-order valence-electron chi connectivity index (χ0n) is 23.1. The topological polar surface area (TPSA) is 64.6 Å². The van der Waals surface area contributed by atoms with Gasteiger partial charge in [-0.05, 0) is 50.8 Å². The molecule has 1 aromatic heterocycles. The molecule has 2 aliphatic heterocycles. The van der Waals surface area contributed by atoms with Crippen molar-refractivity contribution >= 4 is 23.7 Å². The maximum absolute atomic E-state index is 12.1. The molecule has 37 heavy (non-hydrogen) atoms. The molecule has 0 spiro atoms. The monoisotopic (exact) mass is 502 g/mol. The van der Waals surface area contributed by atoms with E-state index in [9.17, 15) is 4.79 Å². The highest BCUT2D eigenvalue weighted by atomic mass is 16.2. The van der Waals surface area contributed by atoms with Crippen LogP contribution >= 0.6 is 0 Å². The van der Waals surface area contributed by atoms with Gasteiger partial charge in [0.1, 0.15) is 5.82 Å². The molecule has 7 heteroatoms. The Balaban J connectivity index is 1.48. The number of carbonyl (C=O) groups is 1. The van der Waals surface area contributed by atoms with Crippen molar-refractivity contribution in [1.82, 2.24) is 19.8 Å². The fourth-order valence-electron chi connectivity index (χ4n) is 5.77. The van der Waals surface area contributed by atoms with E-state index in [2.05, 4.69) is 97.7 Å². The summed E-state index contributed by atoms with van der Waals surface area (Å²) >= 11 is 0. The average molecular weight is 503 g/mol. The molecule has 1 saturated heterocycles. The van der Waals surface area contributed by atoms with Gasteiger partial charge in [0, 0.05) is 56.1 Å². The van der Waals surface area contributed by atoms with Gasteiger partial charge in [0.2, 0.25) is 11.9 Å². The summed E-state index contributed by atoms with van der Waals surface area (Å²) in [6.45, 7) is 18.8. The Morgan fingerprint density at radius 2 is 1.78 bits per heavy atom. The van der Waals surface area contributed by atoms with E-state index >= 15 is 0 Å². The molecule has 0 unspecified atom stereocenters. The van der Waals surface area contributed by atoms with Gasteiger partial charge in [-0.1, -0.05) is 56.8 Å². The highest BCUT2D eigenvalue weighted by Crippen LogP contribution is 2.37. The van der Waals surface area contributed by atoms with E-state index < -0.39 is 0 Å². The molecule has 4 rings (SSSR count). The van der Waals surface area contributed by atoms with Crippen LogP contribution in [-0.4, -0.2) is 64.4 Å². The van der Waals surface area contributed by atoms with Gasteiger partial charge >= 0.3 is 0 Å². The molecule has 1 fully saturated rings. The molecule has 198 valence electrons. The number of nitrogens with one attached hydrogen (secondary N) is 1. The molecule has 0 bridgehead atoms. The van der Waals surface area contributed by atoms with Crippen LogP contribution in [0.5, 0.6) is 0 Å². The number of nitrogens with zero attached hydrogens (tertiary/aromatic N) is 5. The van der Waals surface area contributed by atoms with Gasteiger partial charge in [-0.2, -0.15) is 4.98 Å². The van der Waals surface area contributed by atoms with Gasteiger partial charge in [-0.3, -0.25) is 9.69 Å². The third kappa shape index (κ3) is 5.42. The molecule has 1 amide bonds. The Bertz CT molecular complexity index is 1110. The zero-order valence-corrected chi connectivity index (χ0v) is 23.1. The SMILES string of the molecule is C=CC(=O)N1CCN(C(CC)(CC)c2ccc([C@H](C)Nc3ncc4c(n3)N(C(C)C)CC=C4)cc2)CC1. The van der Waals surface area contributed by atoms with E-state index in [1.807, 2.05) is 11.1 Å². The first-order chi connectivity index (χ1) is 17.8. The van der Waals surface area contributed by atoms with Crippen molar-refractivity contribution < 1.29 is 4.79 Å². The zero-order chi connectivity index (χ0) is 26.6. The minimum atomic E-state index is -0.0338. The average Bonchev–Trinajstić information content (AvgIpc) is 2.93. The van der Waals surface area contributed by atoms with Crippen LogP contribution in [0.2, 0.25) is 0 Å². The first-order valence-corrected chi connectivity index (χ1v) is 13.7. The summed E-state index contributed by atoms with van der Waals surface area (Å²) in [6, 6.07) is 9.46. The van der Waals surface area contributed by atoms with Crippen LogP contribution in [0.3, 0.4) is 0 Å². The number of benzene rings is 1. The summed E-state index contributed by atoms with van der Waals surface area (Å²) in [6.07, 6.45) is 9.64. The van der Waals surface area contributed by atoms with Crippen molar-refractivity contribution in [2.24, 2.45) is 0 Å². The number of fused-ring (bicyclic) bond motifs is 1. The van der Waals surface area contributed by atoms with Gasteiger partial charge in [-0.15, -0.1) is 0 Å². The number of hydrogen-bond donors (Lipinski definition) is 1. The van der Waals surface area contributed by atoms with Crippen LogP contribution in [-0.2, 0) is 10.3 Å². The number of aromatic nitrogens is 2. The van der Waals surface area contributed by atoms with E-state index in [1.165, 1.54) is 17.2 Å². The Kier molecular flexibility index (Phi) is 8.32. The smallest absolute Gasteiger partial charge is 0.246 e. The molecule has 7 nitrogen and oxygen atoms in total. The molecular formula is C30H42N6O. The standard InChI is InChI=1S/C30H42N6O/c1-7-27(37)34-17-19-35(20-18-34)30(8-2,9-3)26-14-12-24(13-15-26)23(6)32-29-31-21-25-11-10-16-36(22(4)5)28(25)33-29/h7,10-15,21-23H,1,8-9,16-20H2,2-6H3,(H,31,32,33)/t23-/m0/s1. The molecule has 1 aromatic carbocycles. The summed E-state index contributed by atoms with van der Waals surface area (Å²) in [5, 5.41) is 3.51. The minimum Gasteiger partial charge on any atom is -0.350 e. The molecule has 1 atom stereocenters. The summed E-state index contributed by atoms with van der Waals surface area (Å²) in [5.74, 6) is 1.67. The summed E-state index contributed by atoms with van der Waals surface area (Å²) in [7, 11) is 0. The van der Waals surface area contributed by atoms with Gasteiger partial charge in [0.15, 0.2) is 0 Å². The fraction of sp³-hybridized carbons (Fsp3) is 0.500. The second-order valence-corrected chi connectivity index (χ2v) is 10.4. The van der Waals surface area contributed by atoms with Gasteiger partial charge in [-0.25, -0.2) is 4.98 Å². The number of piperazine rings is 1. The van der Waals surface area contributed by atoms with Crippen LogP contribution < -0.4 is 10.2 Å². The lowest BCUT2D eigenvalue weighted by Crippen LogP contribution is -2.56. The maximum Gasteiger partial charge on any atom is 0.246 e. The van der Waals surface area contributed by atoms with Gasteiger partial charge in [0.25, 0.3) is 0 Å². The molecule has 3 heterocycles. The highest BCUT2D eigenvalue weighted by Gasteiger charge is 2.37. The number of rotatable bonds is 9. The van der Waals surface area contributed by atoms with Crippen molar-refractivity contribution in [3.63, 3.8) is 0 Å². The summed E-state index contributed by atoms with van der Waals surface area (Å²) in [4.78, 5) is 28.2. The lowest BCUT2D eigenvalue weighted by atomic mass is 9.81. The van der Waals surface area contributed by atoms with E-state index in [4.69, 9.17) is 4.98 Å². The molecule has 1 N–H and O–H groups in total. The number of carbonyl (C=O) groups excluding carboxylic acids is 1. The van der Waals surface area contributed by atoms with Gasteiger partial charge in [0.05, 0.1) is 6.04 Å². The Morgan fingerprint density at radius 1 is 1.11 bits per heavy atom. The fourth-order valence-corrected chi connectivity index (χ4v) is 5.77. The normalized spacial score (nSPS) is 17.0. The predicted octanol–water partition coefficient (Wildman–Crippen LogP) is 5.24. The van der Waals surface area contributed by atoms with Crippen LogP contribution in [0.15, 0.2) is 49.2 Å². The molecule has 2 aliphatic rings. The largest absolute Gasteiger partial charge is 0.350 e. The van der Waals surface area contributed by atoms with Crippen LogP contribution in [0.25, 0.3) is 6.08 Å². The lowest BCUT2D eigenvalue weighted by Gasteiger charge is -2.47. The molecule has 0 radical (unpaired) electrons. The second kappa shape index (κ2) is 11.5. The van der Waals surface area contributed by atoms with Crippen LogP contribution in [0.1, 0.15) is 70.2 Å². The molecule has 0 saturated carbocycles. The number of hydrogen-bond acceptors (Lipinski definition) is 6. The lowest BCUT2D eigenvalue weighted by molar-refractivity contribution is -0.129. The third-order valence-corrected chi connectivity index (χ3v) is 8.13. The predicted molar refractivity (Wildman–Crippen MR) is 153 cm³/mol. The van der Waals surface area contributed by atoms with Gasteiger partial charge < -0.3 is 15.1 Å². The van der Waals surface area contributed by atoms with E-state index in [0.29, 0.717) is 12.0 Å². The Labute approximate surface area is 222 Å². The summed E-state index contributed by atoms with van der Waals surface area (Å²) < 4.78 is 0. The molecule has 2 aromatic rings. The molecule has 0 aliphatic carbocycles. The number of amides is 1. The van der Waals surface area contributed by atoms with E-state index in [-0.39, 0.29) is 17.5 Å². The Morgan fingerprint density at radius 3 is 2.38 bits per heavy atom. The highest BCUT2D eigenvalue weighted by molar-refractivity contribution is 5.87. The van der Waals surface area contributed by atoms with E-state index in [1.54, 1.807) is 0 Å². The van der Waals surface area contributed by atoms with Crippen molar-refractivity contribution in [2.75, 3.05) is 42.9 Å². The van der Waals surface area contributed by atoms with Crippen molar-refractivity contribution in [2.45, 2.75) is 65.1 Å². The second-order valence-electron chi connectivity index (χ2n) is 10.4. The molecular weight excluding hydrogens is 460 g/mol.